The fourth-order valence-corrected chi connectivity index (χ4v) is 1.71. The normalized spacial score (nSPS) is 40.1. The summed E-state index contributed by atoms with van der Waals surface area (Å²) in [5.74, 6) is 0. The molecule has 0 aromatic heterocycles. The van der Waals surface area contributed by atoms with E-state index in [1.54, 1.807) is 0 Å². The van der Waals surface area contributed by atoms with E-state index < -0.39 is 32.9 Å². The summed E-state index contributed by atoms with van der Waals surface area (Å²) >= 11 is 0. The molecule has 1 aliphatic heterocycles. The Kier molecular flexibility index (Phi) is 5.57. The molecule has 1 fully saturated rings. The molecule has 1 rings (SSSR count). The van der Waals surface area contributed by atoms with Crippen LogP contribution in [0.5, 0.6) is 0 Å². The molecule has 9 heteroatoms. The molecule has 7 nitrogen and oxygen atoms in total. The Balaban J connectivity index is 0.00000144. The first-order valence-electron chi connectivity index (χ1n) is 3.10. The van der Waals surface area contributed by atoms with Gasteiger partial charge in [0.2, 0.25) is 0 Å². The van der Waals surface area contributed by atoms with Crippen molar-refractivity contribution in [2.75, 3.05) is 6.61 Å². The second-order valence-electron chi connectivity index (χ2n) is 2.29. The molecule has 13 heavy (non-hydrogen) atoms. The van der Waals surface area contributed by atoms with Crippen LogP contribution in [0.1, 0.15) is 0 Å². The number of hydrogen-bond acceptors (Lipinski definition) is 7. The molecule has 1 aliphatic rings. The Morgan fingerprint density at radius 1 is 1.54 bits per heavy atom. The molecule has 0 aliphatic carbocycles. The van der Waals surface area contributed by atoms with E-state index in [0.29, 0.717) is 0 Å². The number of aliphatic hydroxyl groups excluding tert-OH is 2. The Labute approximate surface area is 96.2 Å². The second-order valence-corrected chi connectivity index (χ2v) is 3.66. The van der Waals surface area contributed by atoms with Crippen LogP contribution in [0, 0.1) is 0 Å². The van der Waals surface area contributed by atoms with E-state index in [2.05, 4.69) is 9.05 Å². The molecule has 1 heterocycles. The van der Waals surface area contributed by atoms with Crippen LogP contribution in [0.25, 0.3) is 0 Å². The molecule has 72 valence electrons. The average molecular weight is 222 g/mol. The first-order chi connectivity index (χ1) is 5.42. The van der Waals surface area contributed by atoms with Gasteiger partial charge in [0.05, 0.1) is 6.61 Å². The predicted octanol–water partition coefficient (Wildman–Crippen LogP) is -5.45. The minimum atomic E-state index is -4.46. The Morgan fingerprint density at radius 3 is 2.46 bits per heavy atom. The molecular weight excluding hydrogens is 214 g/mol. The summed E-state index contributed by atoms with van der Waals surface area (Å²) in [5, 5.41) is 26.0. The SMILES string of the molecule is O=P1([O-])OC[C@@H](O)[C@H](C(O)O)O1.[Na+]. The summed E-state index contributed by atoms with van der Waals surface area (Å²) in [7, 11) is -4.46. The minimum Gasteiger partial charge on any atom is -0.756 e. The molecule has 0 spiro atoms. The third kappa shape index (κ3) is 3.93. The average Bonchev–Trinajstić information content (AvgIpc) is 1.94. The largest absolute Gasteiger partial charge is 1.00 e. The van der Waals surface area contributed by atoms with Crippen molar-refractivity contribution in [2.45, 2.75) is 18.5 Å². The van der Waals surface area contributed by atoms with Gasteiger partial charge in [0.15, 0.2) is 6.29 Å². The van der Waals surface area contributed by atoms with Crippen molar-refractivity contribution in [2.24, 2.45) is 0 Å². The molecule has 3 N–H and O–H groups in total. The number of phosphoric ester groups is 1. The monoisotopic (exact) mass is 222 g/mol. The fraction of sp³-hybridized carbons (Fsp3) is 1.00. The third-order valence-corrected chi connectivity index (χ3v) is 2.29. The van der Waals surface area contributed by atoms with E-state index in [4.69, 9.17) is 15.3 Å². The molecule has 0 saturated carbocycles. The van der Waals surface area contributed by atoms with Gasteiger partial charge in [-0.25, -0.2) is 0 Å². The van der Waals surface area contributed by atoms with E-state index in [1.165, 1.54) is 0 Å². The summed E-state index contributed by atoms with van der Waals surface area (Å²) in [6, 6.07) is 0. The zero-order valence-electron chi connectivity index (χ0n) is 6.86. The summed E-state index contributed by atoms with van der Waals surface area (Å²) in [5.41, 5.74) is 0. The summed E-state index contributed by atoms with van der Waals surface area (Å²) in [6.45, 7) is -0.525. The summed E-state index contributed by atoms with van der Waals surface area (Å²) in [4.78, 5) is 10.6. The zero-order valence-corrected chi connectivity index (χ0v) is 9.76. The fourth-order valence-electron chi connectivity index (χ4n) is 0.765. The van der Waals surface area contributed by atoms with Crippen molar-refractivity contribution in [3.8, 4) is 0 Å². The number of hydrogen-bond donors (Lipinski definition) is 3. The van der Waals surface area contributed by atoms with Crippen LogP contribution in [0.4, 0.5) is 0 Å². The van der Waals surface area contributed by atoms with Gasteiger partial charge < -0.3 is 29.3 Å². The number of phosphoric acid groups is 1. The first-order valence-corrected chi connectivity index (χ1v) is 4.56. The topological polar surface area (TPSA) is 119 Å². The van der Waals surface area contributed by atoms with E-state index in [-0.39, 0.29) is 29.6 Å². The Bertz CT molecular complexity index is 209. The Hall–Kier alpha value is 0.990. The quantitative estimate of drug-likeness (QED) is 0.230. The number of rotatable bonds is 1. The standard InChI is InChI=1S/C4H9O7P.Na/c5-2-1-10-12(8,9)11-3(2)4(6)7;/h2-7H,1H2,(H,8,9);/q;+1/p-1/t2-,3-;/m1./s1. The number of aliphatic hydroxyl groups is 3. The van der Waals surface area contributed by atoms with Gasteiger partial charge in [-0.3, -0.25) is 4.57 Å². The van der Waals surface area contributed by atoms with E-state index in [0.717, 1.165) is 0 Å². The van der Waals surface area contributed by atoms with Crippen LogP contribution in [0.2, 0.25) is 0 Å². The van der Waals surface area contributed by atoms with E-state index in [1.807, 2.05) is 0 Å². The van der Waals surface area contributed by atoms with Gasteiger partial charge in [-0.2, -0.15) is 0 Å². The van der Waals surface area contributed by atoms with Crippen LogP contribution in [0.3, 0.4) is 0 Å². The van der Waals surface area contributed by atoms with Gasteiger partial charge in [-0.1, -0.05) is 0 Å². The molecule has 1 unspecified atom stereocenters. The molecule has 0 aromatic rings. The van der Waals surface area contributed by atoms with Gasteiger partial charge in [-0.05, 0) is 0 Å². The smallest absolute Gasteiger partial charge is 0.756 e. The first kappa shape index (κ1) is 14.0. The van der Waals surface area contributed by atoms with Crippen molar-refractivity contribution >= 4 is 7.82 Å². The van der Waals surface area contributed by atoms with Gasteiger partial charge in [0.1, 0.15) is 12.2 Å². The molecular formula is C4H8NaO7P. The molecule has 1 saturated heterocycles. The van der Waals surface area contributed by atoms with Gasteiger partial charge >= 0.3 is 29.6 Å². The van der Waals surface area contributed by atoms with Gasteiger partial charge in [0.25, 0.3) is 7.82 Å². The maximum atomic E-state index is 10.6. The maximum Gasteiger partial charge on any atom is 1.00 e. The van der Waals surface area contributed by atoms with Crippen LogP contribution in [-0.4, -0.2) is 40.4 Å². The van der Waals surface area contributed by atoms with Crippen molar-refractivity contribution in [1.29, 1.82) is 0 Å². The van der Waals surface area contributed by atoms with Gasteiger partial charge in [-0.15, -0.1) is 0 Å². The summed E-state index contributed by atoms with van der Waals surface area (Å²) < 4.78 is 18.7. The predicted molar refractivity (Wildman–Crippen MR) is 32.7 cm³/mol. The maximum absolute atomic E-state index is 10.6. The van der Waals surface area contributed by atoms with E-state index in [9.17, 15) is 9.46 Å². The second kappa shape index (κ2) is 5.18. The molecule has 3 atom stereocenters. The van der Waals surface area contributed by atoms with Crippen LogP contribution in [0.15, 0.2) is 0 Å². The molecule has 0 amide bonds. The van der Waals surface area contributed by atoms with Crippen molar-refractivity contribution in [3.05, 3.63) is 0 Å². The van der Waals surface area contributed by atoms with E-state index >= 15 is 0 Å². The molecule has 0 aromatic carbocycles. The molecule has 0 radical (unpaired) electrons. The van der Waals surface area contributed by atoms with Crippen LogP contribution in [-0.2, 0) is 13.6 Å². The minimum absolute atomic E-state index is 0. The third-order valence-electron chi connectivity index (χ3n) is 1.33. The van der Waals surface area contributed by atoms with Crippen molar-refractivity contribution < 1.29 is 63.4 Å². The van der Waals surface area contributed by atoms with Crippen molar-refractivity contribution in [3.63, 3.8) is 0 Å². The zero-order chi connectivity index (χ0) is 9.35. The van der Waals surface area contributed by atoms with Crippen molar-refractivity contribution in [1.82, 2.24) is 0 Å². The van der Waals surface area contributed by atoms with Crippen LogP contribution >= 0.6 is 7.82 Å². The Morgan fingerprint density at radius 2 is 2.08 bits per heavy atom. The molecule has 0 bridgehead atoms. The van der Waals surface area contributed by atoms with Gasteiger partial charge in [0, 0.05) is 0 Å². The summed E-state index contributed by atoms with van der Waals surface area (Å²) in [6.07, 6.45) is -4.98. The van der Waals surface area contributed by atoms with Crippen LogP contribution < -0.4 is 34.5 Å².